The molecule has 0 bridgehead atoms. The zero-order valence-corrected chi connectivity index (χ0v) is 16.5. The first-order valence-corrected chi connectivity index (χ1v) is 9.69. The van der Waals surface area contributed by atoms with Crippen molar-refractivity contribution in [1.29, 1.82) is 0 Å². The highest BCUT2D eigenvalue weighted by Gasteiger charge is 2.27. The van der Waals surface area contributed by atoms with E-state index < -0.39 is 35.4 Å². The van der Waals surface area contributed by atoms with E-state index in [-0.39, 0.29) is 12.1 Å². The maximum atomic E-state index is 12.2. The van der Waals surface area contributed by atoms with E-state index in [1.165, 1.54) is 6.07 Å². The van der Waals surface area contributed by atoms with E-state index in [9.17, 15) is 18.4 Å². The molecule has 1 aromatic carbocycles. The normalized spacial score (nSPS) is 15.1. The highest BCUT2D eigenvalue weighted by atomic mass is 32.2. The molecule has 1 fully saturated rings. The van der Waals surface area contributed by atoms with Crippen LogP contribution in [0.2, 0.25) is 0 Å². The first kappa shape index (κ1) is 21.2. The number of carbonyl (C=O) groups is 2. The number of hydrogen-bond donors (Lipinski definition) is 2. The first-order chi connectivity index (χ1) is 12.5. The molecule has 2 rings (SSSR count). The molecule has 1 aliphatic rings. The van der Waals surface area contributed by atoms with Crippen molar-refractivity contribution in [3.8, 4) is 5.75 Å². The molecule has 0 aliphatic heterocycles. The minimum Gasteiger partial charge on any atom is -0.491 e. The Balaban J connectivity index is 2.29. The molecule has 2 N–H and O–H groups in total. The van der Waals surface area contributed by atoms with Gasteiger partial charge in [-0.3, -0.25) is 18.4 Å². The largest absolute Gasteiger partial charge is 0.491 e. The van der Waals surface area contributed by atoms with Crippen LogP contribution in [0, 0.1) is 5.92 Å². The summed E-state index contributed by atoms with van der Waals surface area (Å²) in [5.74, 6) is -0.935. The van der Waals surface area contributed by atoms with Gasteiger partial charge in [0.05, 0.1) is 18.7 Å². The Hall–Kier alpha value is -2.13. The molecule has 1 unspecified atom stereocenters. The van der Waals surface area contributed by atoms with E-state index in [1.807, 2.05) is 0 Å². The molecule has 0 amide bonds. The van der Waals surface area contributed by atoms with Crippen LogP contribution >= 0.6 is 0 Å². The number of carboxylic acids is 1. The van der Waals surface area contributed by atoms with E-state index in [2.05, 4.69) is 0 Å². The average molecular weight is 399 g/mol. The van der Waals surface area contributed by atoms with Gasteiger partial charge in [0, 0.05) is 0 Å². The Labute approximate surface area is 160 Å². The number of benzene rings is 1. The van der Waals surface area contributed by atoms with Gasteiger partial charge in [0.25, 0.3) is 11.3 Å². The fourth-order valence-corrected chi connectivity index (χ4v) is 2.90. The maximum Gasteiger partial charge on any atom is 0.327 e. The lowest BCUT2D eigenvalue weighted by atomic mass is 10.1. The van der Waals surface area contributed by atoms with E-state index >= 15 is 0 Å². The summed E-state index contributed by atoms with van der Waals surface area (Å²) in [5.41, 5.74) is -0.132. The van der Waals surface area contributed by atoms with Gasteiger partial charge in [-0.2, -0.15) is 0 Å². The number of anilines is 1. The molecular weight excluding hydrogens is 374 g/mol. The number of rotatable bonds is 9. The summed E-state index contributed by atoms with van der Waals surface area (Å²) in [5, 5.41) is 9.00. The fourth-order valence-electron chi connectivity index (χ4n) is 2.37. The van der Waals surface area contributed by atoms with Crippen LogP contribution in [0.1, 0.15) is 39.2 Å². The Morgan fingerprint density at radius 2 is 1.96 bits per heavy atom. The topological polar surface area (TPSA) is 113 Å². The molecule has 0 aromatic heterocycles. The average Bonchev–Trinajstić information content (AvgIpc) is 3.33. The Kier molecular flexibility index (Phi) is 6.83. The van der Waals surface area contributed by atoms with Crippen LogP contribution in [-0.2, 0) is 32.0 Å². The monoisotopic (exact) mass is 399 g/mol. The Morgan fingerprint density at radius 1 is 1.30 bits per heavy atom. The van der Waals surface area contributed by atoms with Crippen molar-refractivity contribution in [3.63, 3.8) is 0 Å². The number of ether oxygens (including phenoxy) is 2. The van der Waals surface area contributed by atoms with Gasteiger partial charge >= 0.3 is 11.9 Å². The van der Waals surface area contributed by atoms with Gasteiger partial charge in [-0.05, 0) is 57.2 Å². The predicted octanol–water partition coefficient (Wildman–Crippen LogP) is 2.39. The van der Waals surface area contributed by atoms with E-state index in [1.54, 1.807) is 32.9 Å². The summed E-state index contributed by atoms with van der Waals surface area (Å²) in [7, 11) is 0. The van der Waals surface area contributed by atoms with Crippen molar-refractivity contribution in [2.45, 2.75) is 45.6 Å². The third-order valence-electron chi connectivity index (χ3n) is 3.70. The molecular formula is C18H25NO7S. The summed E-state index contributed by atoms with van der Waals surface area (Å²) in [6.07, 6.45) is 1.88. The standard InChI is InChI=1S/C18H25NO7S/c1-18(2,3)26-17(22)10-19(27(23)24)14-8-13(9-16(20)21)6-7-15(14)25-11-12-4-5-12/h6-8,12H,4-5,9-11H2,1-3H3,(H,20,21)(H,23,24). The van der Waals surface area contributed by atoms with Crippen LogP contribution in [-0.4, -0.2) is 44.6 Å². The molecule has 1 aromatic rings. The van der Waals surface area contributed by atoms with Gasteiger partial charge in [-0.1, -0.05) is 6.07 Å². The number of carboxylic acid groups (broad SMARTS) is 1. The molecule has 1 saturated carbocycles. The summed E-state index contributed by atoms with van der Waals surface area (Å²) in [6, 6.07) is 4.60. The van der Waals surface area contributed by atoms with Crippen molar-refractivity contribution in [1.82, 2.24) is 0 Å². The van der Waals surface area contributed by atoms with Gasteiger partial charge < -0.3 is 14.6 Å². The zero-order valence-electron chi connectivity index (χ0n) is 15.6. The second-order valence-electron chi connectivity index (χ2n) is 7.48. The molecule has 0 radical (unpaired) electrons. The highest BCUT2D eigenvalue weighted by Crippen LogP contribution is 2.34. The fraction of sp³-hybridized carbons (Fsp3) is 0.556. The summed E-state index contributed by atoms with van der Waals surface area (Å²) < 4.78 is 33.5. The van der Waals surface area contributed by atoms with Gasteiger partial charge in [0.1, 0.15) is 17.9 Å². The molecule has 1 atom stereocenters. The van der Waals surface area contributed by atoms with Crippen molar-refractivity contribution < 1.29 is 32.9 Å². The summed E-state index contributed by atoms with van der Waals surface area (Å²) in [4.78, 5) is 23.2. The van der Waals surface area contributed by atoms with Crippen LogP contribution in [0.15, 0.2) is 18.2 Å². The minimum atomic E-state index is -2.53. The SMILES string of the molecule is CC(C)(C)OC(=O)CN(c1cc(CC(=O)O)ccc1OCC1CC1)S(=O)O. The van der Waals surface area contributed by atoms with Crippen LogP contribution in [0.25, 0.3) is 0 Å². The van der Waals surface area contributed by atoms with Crippen LogP contribution < -0.4 is 9.04 Å². The molecule has 0 spiro atoms. The van der Waals surface area contributed by atoms with Crippen LogP contribution in [0.5, 0.6) is 5.75 Å². The first-order valence-electron chi connectivity index (χ1n) is 8.63. The molecule has 0 heterocycles. The third-order valence-corrected chi connectivity index (χ3v) is 4.40. The summed E-state index contributed by atoms with van der Waals surface area (Å²) >= 11 is -2.53. The van der Waals surface area contributed by atoms with E-state index in [0.29, 0.717) is 23.8 Å². The minimum absolute atomic E-state index is 0.182. The van der Waals surface area contributed by atoms with E-state index in [4.69, 9.17) is 14.6 Å². The number of carbonyl (C=O) groups excluding carboxylic acids is 1. The van der Waals surface area contributed by atoms with Crippen LogP contribution in [0.3, 0.4) is 0 Å². The number of esters is 1. The van der Waals surface area contributed by atoms with Crippen molar-refractivity contribution in [2.75, 3.05) is 17.5 Å². The van der Waals surface area contributed by atoms with Crippen molar-refractivity contribution >= 4 is 28.9 Å². The quantitative estimate of drug-likeness (QED) is 0.484. The maximum absolute atomic E-state index is 12.2. The smallest absolute Gasteiger partial charge is 0.327 e. The lowest BCUT2D eigenvalue weighted by molar-refractivity contribution is -0.152. The second-order valence-corrected chi connectivity index (χ2v) is 8.38. The molecule has 1 aliphatic carbocycles. The molecule has 0 saturated heterocycles. The number of hydrogen-bond acceptors (Lipinski definition) is 5. The van der Waals surface area contributed by atoms with Gasteiger partial charge in [-0.25, -0.2) is 4.21 Å². The molecule has 150 valence electrons. The molecule has 27 heavy (non-hydrogen) atoms. The lowest BCUT2D eigenvalue weighted by Crippen LogP contribution is -2.36. The number of nitrogens with zero attached hydrogens (tertiary/aromatic N) is 1. The van der Waals surface area contributed by atoms with Gasteiger partial charge in [-0.15, -0.1) is 0 Å². The van der Waals surface area contributed by atoms with Crippen molar-refractivity contribution in [3.05, 3.63) is 23.8 Å². The van der Waals surface area contributed by atoms with Gasteiger partial charge in [0.2, 0.25) is 0 Å². The third kappa shape index (κ3) is 7.18. The lowest BCUT2D eigenvalue weighted by Gasteiger charge is -2.25. The number of aliphatic carboxylic acids is 1. The van der Waals surface area contributed by atoms with Crippen LogP contribution in [0.4, 0.5) is 5.69 Å². The predicted molar refractivity (Wildman–Crippen MR) is 100.0 cm³/mol. The Morgan fingerprint density at radius 3 is 2.48 bits per heavy atom. The van der Waals surface area contributed by atoms with Crippen molar-refractivity contribution in [2.24, 2.45) is 5.92 Å². The Bertz CT molecular complexity index is 725. The zero-order chi connectivity index (χ0) is 20.2. The highest BCUT2D eigenvalue weighted by molar-refractivity contribution is 7.80. The van der Waals surface area contributed by atoms with Gasteiger partial charge in [0.15, 0.2) is 0 Å². The second kappa shape index (κ2) is 8.71. The van der Waals surface area contributed by atoms with E-state index in [0.717, 1.165) is 17.1 Å². The summed E-state index contributed by atoms with van der Waals surface area (Å²) in [6.45, 7) is 5.08. The molecule has 8 nitrogen and oxygen atoms in total. The molecule has 9 heteroatoms.